The fourth-order valence-electron chi connectivity index (χ4n) is 1.28. The molecule has 4 nitrogen and oxygen atoms in total. The Morgan fingerprint density at radius 2 is 2.35 bits per heavy atom. The van der Waals surface area contributed by atoms with Gasteiger partial charge in [-0.2, -0.15) is 0 Å². The Morgan fingerprint density at radius 1 is 1.65 bits per heavy atom. The minimum Gasteiger partial charge on any atom is -0.394 e. The molecule has 0 aliphatic carbocycles. The molecule has 2 N–H and O–H groups in total. The van der Waals surface area contributed by atoms with Gasteiger partial charge in [-0.25, -0.2) is 4.39 Å². The van der Waals surface area contributed by atoms with Crippen molar-refractivity contribution in [1.29, 1.82) is 0 Å². The van der Waals surface area contributed by atoms with E-state index in [1.165, 1.54) is 19.2 Å². The molecule has 0 saturated carbocycles. The summed E-state index contributed by atoms with van der Waals surface area (Å²) in [5.74, 6) is -1.20. The molecule has 0 radical (unpaired) electrons. The third kappa shape index (κ3) is 4.07. The lowest BCUT2D eigenvalue weighted by molar-refractivity contribution is 0.0836. The fraction of sp³-hybridized carbons (Fsp3) is 0.364. The highest BCUT2D eigenvalue weighted by molar-refractivity contribution is 9.10. The zero-order valence-corrected chi connectivity index (χ0v) is 10.8. The van der Waals surface area contributed by atoms with Crippen LogP contribution in [0.4, 0.5) is 4.39 Å². The average molecular weight is 306 g/mol. The molecule has 1 aromatic carbocycles. The first kappa shape index (κ1) is 14.1. The van der Waals surface area contributed by atoms with Gasteiger partial charge in [0.25, 0.3) is 5.91 Å². The number of benzene rings is 1. The molecule has 0 fully saturated rings. The van der Waals surface area contributed by atoms with Gasteiger partial charge < -0.3 is 15.2 Å². The highest BCUT2D eigenvalue weighted by atomic mass is 79.9. The third-order valence-corrected chi connectivity index (χ3v) is 2.59. The molecular formula is C11H13BrFNO3. The van der Waals surface area contributed by atoms with Crippen molar-refractivity contribution in [3.8, 4) is 0 Å². The van der Waals surface area contributed by atoms with E-state index in [0.29, 0.717) is 4.47 Å². The molecule has 17 heavy (non-hydrogen) atoms. The number of nitrogens with one attached hydrogen (secondary N) is 1. The number of hydrogen-bond donors (Lipinski definition) is 2. The highest BCUT2D eigenvalue weighted by Gasteiger charge is 2.16. The van der Waals surface area contributed by atoms with Crippen LogP contribution in [0, 0.1) is 5.82 Å². The largest absolute Gasteiger partial charge is 0.394 e. The Labute approximate surface area is 107 Å². The van der Waals surface area contributed by atoms with E-state index >= 15 is 0 Å². The van der Waals surface area contributed by atoms with E-state index in [9.17, 15) is 9.18 Å². The predicted octanol–water partition coefficient (Wildman–Crippen LogP) is 1.33. The molecule has 1 amide bonds. The standard InChI is InChI=1S/C11H13BrFNO3/c1-17-6-8(5-15)14-11(16)9-3-2-7(12)4-10(9)13/h2-4,8,15H,5-6H2,1H3,(H,14,16). The summed E-state index contributed by atoms with van der Waals surface area (Å²) in [4.78, 5) is 11.7. The normalized spacial score (nSPS) is 12.2. The van der Waals surface area contributed by atoms with Crippen molar-refractivity contribution in [1.82, 2.24) is 5.32 Å². The van der Waals surface area contributed by atoms with Gasteiger partial charge in [-0.1, -0.05) is 15.9 Å². The maximum Gasteiger partial charge on any atom is 0.254 e. The number of carbonyl (C=O) groups excluding carboxylic acids is 1. The van der Waals surface area contributed by atoms with Gasteiger partial charge in [0.05, 0.1) is 24.8 Å². The lowest BCUT2D eigenvalue weighted by atomic mass is 10.2. The van der Waals surface area contributed by atoms with Gasteiger partial charge in [-0.3, -0.25) is 4.79 Å². The summed E-state index contributed by atoms with van der Waals surface area (Å²) in [6.45, 7) is -0.0991. The SMILES string of the molecule is COCC(CO)NC(=O)c1ccc(Br)cc1F. The molecular weight excluding hydrogens is 293 g/mol. The summed E-state index contributed by atoms with van der Waals surface area (Å²) in [6, 6.07) is 3.60. The Balaban J connectivity index is 2.75. The highest BCUT2D eigenvalue weighted by Crippen LogP contribution is 2.15. The average Bonchev–Trinajstić information content (AvgIpc) is 2.28. The van der Waals surface area contributed by atoms with Crippen LogP contribution in [0.5, 0.6) is 0 Å². The molecule has 1 atom stereocenters. The Hall–Kier alpha value is -0.980. The Kier molecular flexibility index (Phi) is 5.54. The van der Waals surface area contributed by atoms with Crippen LogP contribution in [0.2, 0.25) is 0 Å². The van der Waals surface area contributed by atoms with E-state index in [2.05, 4.69) is 21.2 Å². The fourth-order valence-corrected chi connectivity index (χ4v) is 1.61. The summed E-state index contributed by atoms with van der Waals surface area (Å²) in [5, 5.41) is 11.4. The zero-order valence-electron chi connectivity index (χ0n) is 9.24. The lowest BCUT2D eigenvalue weighted by Crippen LogP contribution is -2.40. The molecule has 1 aromatic rings. The van der Waals surface area contributed by atoms with Crippen LogP contribution in [0.3, 0.4) is 0 Å². The molecule has 0 bridgehead atoms. The molecule has 0 aromatic heterocycles. The first-order valence-corrected chi connectivity index (χ1v) is 5.73. The Bertz CT molecular complexity index is 400. The van der Waals surface area contributed by atoms with E-state index in [-0.39, 0.29) is 18.8 Å². The topological polar surface area (TPSA) is 58.6 Å². The summed E-state index contributed by atoms with van der Waals surface area (Å²) >= 11 is 3.10. The lowest BCUT2D eigenvalue weighted by Gasteiger charge is -2.15. The van der Waals surface area contributed by atoms with Gasteiger partial charge in [0, 0.05) is 11.6 Å². The van der Waals surface area contributed by atoms with Crippen molar-refractivity contribution in [2.24, 2.45) is 0 Å². The number of methoxy groups -OCH3 is 1. The summed E-state index contributed by atoms with van der Waals surface area (Å²) in [7, 11) is 1.45. The molecule has 0 heterocycles. The van der Waals surface area contributed by atoms with Gasteiger partial charge in [-0.05, 0) is 18.2 Å². The van der Waals surface area contributed by atoms with Crippen molar-refractivity contribution >= 4 is 21.8 Å². The van der Waals surface area contributed by atoms with Crippen molar-refractivity contribution < 1.29 is 19.0 Å². The van der Waals surface area contributed by atoms with E-state index < -0.39 is 17.8 Å². The maximum atomic E-state index is 13.5. The van der Waals surface area contributed by atoms with Gasteiger partial charge in [-0.15, -0.1) is 0 Å². The van der Waals surface area contributed by atoms with Crippen molar-refractivity contribution in [2.45, 2.75) is 6.04 Å². The summed E-state index contributed by atoms with van der Waals surface area (Å²) < 4.78 is 18.8. The van der Waals surface area contributed by atoms with Gasteiger partial charge in [0.1, 0.15) is 5.82 Å². The number of aliphatic hydroxyl groups excluding tert-OH is 1. The first-order chi connectivity index (χ1) is 8.08. The smallest absolute Gasteiger partial charge is 0.254 e. The first-order valence-electron chi connectivity index (χ1n) is 4.94. The van der Waals surface area contributed by atoms with Crippen LogP contribution in [0.15, 0.2) is 22.7 Å². The van der Waals surface area contributed by atoms with Crippen LogP contribution in [0.25, 0.3) is 0 Å². The van der Waals surface area contributed by atoms with Crippen LogP contribution >= 0.6 is 15.9 Å². The predicted molar refractivity (Wildman–Crippen MR) is 64.3 cm³/mol. The maximum absolute atomic E-state index is 13.5. The molecule has 0 aliphatic heterocycles. The minimum absolute atomic E-state index is 0.0669. The number of carbonyl (C=O) groups is 1. The van der Waals surface area contributed by atoms with E-state index in [1.54, 1.807) is 6.07 Å². The second kappa shape index (κ2) is 6.68. The zero-order chi connectivity index (χ0) is 12.8. The molecule has 0 spiro atoms. The quantitative estimate of drug-likeness (QED) is 0.863. The summed E-state index contributed by atoms with van der Waals surface area (Å²) in [6.07, 6.45) is 0. The Morgan fingerprint density at radius 3 is 2.88 bits per heavy atom. The van der Waals surface area contributed by atoms with Gasteiger partial charge in [0.2, 0.25) is 0 Å². The minimum atomic E-state index is -0.619. The number of hydrogen-bond acceptors (Lipinski definition) is 3. The molecule has 0 aliphatic rings. The summed E-state index contributed by atoms with van der Waals surface area (Å²) in [5.41, 5.74) is -0.0669. The number of rotatable bonds is 5. The van der Waals surface area contributed by atoms with Crippen LogP contribution < -0.4 is 5.32 Å². The molecule has 0 saturated heterocycles. The van der Waals surface area contributed by atoms with Crippen molar-refractivity contribution in [3.63, 3.8) is 0 Å². The number of aliphatic hydroxyl groups is 1. The van der Waals surface area contributed by atoms with Crippen molar-refractivity contribution in [2.75, 3.05) is 20.3 Å². The number of halogens is 2. The number of ether oxygens (including phenoxy) is 1. The molecule has 94 valence electrons. The van der Waals surface area contributed by atoms with Crippen LogP contribution in [-0.2, 0) is 4.74 Å². The van der Waals surface area contributed by atoms with Crippen LogP contribution in [0.1, 0.15) is 10.4 Å². The van der Waals surface area contributed by atoms with Gasteiger partial charge in [0.15, 0.2) is 0 Å². The van der Waals surface area contributed by atoms with Gasteiger partial charge >= 0.3 is 0 Å². The molecule has 6 heteroatoms. The second-order valence-corrected chi connectivity index (χ2v) is 4.35. The third-order valence-electron chi connectivity index (χ3n) is 2.10. The van der Waals surface area contributed by atoms with E-state index in [0.717, 1.165) is 0 Å². The monoisotopic (exact) mass is 305 g/mol. The number of amides is 1. The van der Waals surface area contributed by atoms with E-state index in [4.69, 9.17) is 9.84 Å². The molecule has 1 unspecified atom stereocenters. The van der Waals surface area contributed by atoms with Crippen molar-refractivity contribution in [3.05, 3.63) is 34.1 Å². The second-order valence-electron chi connectivity index (χ2n) is 3.43. The van der Waals surface area contributed by atoms with Crippen LogP contribution in [-0.4, -0.2) is 37.4 Å². The van der Waals surface area contributed by atoms with E-state index in [1.807, 2.05) is 0 Å². The molecule has 1 rings (SSSR count).